The van der Waals surface area contributed by atoms with Crippen LogP contribution >= 0.6 is 0 Å². The van der Waals surface area contributed by atoms with Crippen LogP contribution in [0.25, 0.3) is 0 Å². The topological polar surface area (TPSA) is 61.8 Å². The minimum Gasteiger partial charge on any atom is -0.388 e. The minimum atomic E-state index is -0.0854. The molecule has 0 atom stereocenters. The lowest BCUT2D eigenvalue weighted by Gasteiger charge is -2.26. The number of H-pyrrole nitrogens is 1. The van der Waals surface area contributed by atoms with Crippen molar-refractivity contribution >= 4 is 0 Å². The first-order valence-electron chi connectivity index (χ1n) is 6.43. The first-order valence-corrected chi connectivity index (χ1v) is 6.43. The molecule has 1 aromatic heterocycles. The number of aliphatic hydroxyl groups is 1. The molecule has 2 N–H and O–H groups in total. The van der Waals surface area contributed by atoms with Crippen molar-refractivity contribution in [2.45, 2.75) is 37.7 Å². The lowest BCUT2D eigenvalue weighted by Crippen LogP contribution is -2.25. The Balaban J connectivity index is 2.06. The van der Waals surface area contributed by atoms with E-state index >= 15 is 0 Å². The van der Waals surface area contributed by atoms with Crippen LogP contribution in [0.2, 0.25) is 0 Å². The fraction of sp³-hybridized carbons (Fsp3) is 0.429. The Morgan fingerprint density at radius 1 is 1.17 bits per heavy atom. The van der Waals surface area contributed by atoms with Gasteiger partial charge < -0.3 is 5.11 Å². The Hall–Kier alpha value is -1.68. The fourth-order valence-electron chi connectivity index (χ4n) is 2.96. The average molecular weight is 243 g/mol. The van der Waals surface area contributed by atoms with Gasteiger partial charge in [-0.15, -0.1) is 0 Å². The van der Waals surface area contributed by atoms with Crippen molar-refractivity contribution < 1.29 is 5.11 Å². The van der Waals surface area contributed by atoms with E-state index in [2.05, 4.69) is 39.4 Å². The van der Waals surface area contributed by atoms with Crippen LogP contribution in [-0.2, 0) is 12.0 Å². The molecule has 1 fully saturated rings. The maximum absolute atomic E-state index is 9.11. The molecular weight excluding hydrogens is 226 g/mol. The Kier molecular flexibility index (Phi) is 2.88. The van der Waals surface area contributed by atoms with Gasteiger partial charge in [0.25, 0.3) is 0 Å². The molecule has 1 heterocycles. The zero-order chi connectivity index (χ0) is 12.4. The third-order valence-corrected chi connectivity index (χ3v) is 3.89. The number of benzene rings is 1. The van der Waals surface area contributed by atoms with Gasteiger partial charge in [-0.1, -0.05) is 43.2 Å². The van der Waals surface area contributed by atoms with Crippen LogP contribution in [0.5, 0.6) is 0 Å². The molecule has 0 unspecified atom stereocenters. The van der Waals surface area contributed by atoms with Gasteiger partial charge in [-0.2, -0.15) is 5.10 Å². The van der Waals surface area contributed by atoms with E-state index in [1.165, 1.54) is 18.4 Å². The number of hydrogen-bond donors (Lipinski definition) is 2. The number of aliphatic hydroxyl groups excluding tert-OH is 1. The van der Waals surface area contributed by atoms with E-state index in [1.54, 1.807) is 0 Å². The van der Waals surface area contributed by atoms with Gasteiger partial charge in [0, 0.05) is 0 Å². The number of aromatic nitrogens is 3. The zero-order valence-corrected chi connectivity index (χ0v) is 10.3. The standard InChI is InChI=1S/C14H17N3O/c18-10-12-15-13(17-16-12)14(8-4-5-9-14)11-6-2-1-3-7-11/h1-3,6-7,18H,4-5,8-10H2,(H,15,16,17). The van der Waals surface area contributed by atoms with Crippen molar-refractivity contribution in [3.05, 3.63) is 47.5 Å². The Bertz CT molecular complexity index is 515. The largest absolute Gasteiger partial charge is 0.388 e. The molecule has 0 bridgehead atoms. The second-order valence-corrected chi connectivity index (χ2v) is 4.92. The van der Waals surface area contributed by atoms with E-state index in [0.29, 0.717) is 5.82 Å². The lowest BCUT2D eigenvalue weighted by molar-refractivity contribution is 0.271. The van der Waals surface area contributed by atoms with Gasteiger partial charge >= 0.3 is 0 Å². The van der Waals surface area contributed by atoms with Crippen molar-refractivity contribution in [2.75, 3.05) is 0 Å². The summed E-state index contributed by atoms with van der Waals surface area (Å²) in [7, 11) is 0. The maximum Gasteiger partial charge on any atom is 0.161 e. The predicted octanol–water partition coefficient (Wildman–Crippen LogP) is 2.16. The van der Waals surface area contributed by atoms with E-state index in [4.69, 9.17) is 5.11 Å². The first kappa shape index (κ1) is 11.4. The summed E-state index contributed by atoms with van der Waals surface area (Å²) in [5.74, 6) is 1.38. The van der Waals surface area contributed by atoms with E-state index in [1.807, 2.05) is 6.07 Å². The van der Waals surface area contributed by atoms with Gasteiger partial charge in [0.2, 0.25) is 0 Å². The van der Waals surface area contributed by atoms with Crippen LogP contribution in [0.3, 0.4) is 0 Å². The van der Waals surface area contributed by atoms with Gasteiger partial charge in [-0.05, 0) is 18.4 Å². The third kappa shape index (κ3) is 1.73. The highest BCUT2D eigenvalue weighted by Gasteiger charge is 2.40. The number of aromatic amines is 1. The van der Waals surface area contributed by atoms with Crippen molar-refractivity contribution in [3.8, 4) is 0 Å². The molecule has 0 amide bonds. The van der Waals surface area contributed by atoms with Gasteiger partial charge in [0.05, 0.1) is 5.41 Å². The Labute approximate surface area is 106 Å². The molecular formula is C14H17N3O. The number of nitrogens with one attached hydrogen (secondary N) is 1. The van der Waals surface area contributed by atoms with Crippen LogP contribution in [0.15, 0.2) is 30.3 Å². The third-order valence-electron chi connectivity index (χ3n) is 3.89. The normalized spacial score (nSPS) is 18.1. The quantitative estimate of drug-likeness (QED) is 0.868. The summed E-state index contributed by atoms with van der Waals surface area (Å²) >= 11 is 0. The molecule has 0 saturated heterocycles. The molecule has 2 aromatic rings. The highest BCUT2D eigenvalue weighted by Crippen LogP contribution is 2.44. The predicted molar refractivity (Wildman–Crippen MR) is 68.0 cm³/mol. The molecule has 4 heteroatoms. The van der Waals surface area contributed by atoms with Gasteiger partial charge in [0.1, 0.15) is 12.4 Å². The summed E-state index contributed by atoms with van der Waals surface area (Å²) in [6.07, 6.45) is 4.58. The first-order chi connectivity index (χ1) is 8.85. The van der Waals surface area contributed by atoms with E-state index < -0.39 is 0 Å². The molecule has 1 aliphatic carbocycles. The molecule has 3 rings (SSSR count). The van der Waals surface area contributed by atoms with E-state index in [9.17, 15) is 0 Å². The van der Waals surface area contributed by atoms with Gasteiger partial charge in [-0.3, -0.25) is 5.10 Å². The van der Waals surface area contributed by atoms with Crippen LogP contribution in [0, 0.1) is 0 Å². The molecule has 1 saturated carbocycles. The molecule has 0 aliphatic heterocycles. The maximum atomic E-state index is 9.11. The van der Waals surface area contributed by atoms with Crippen molar-refractivity contribution in [1.29, 1.82) is 0 Å². The van der Waals surface area contributed by atoms with E-state index in [-0.39, 0.29) is 12.0 Å². The van der Waals surface area contributed by atoms with Crippen LogP contribution in [0.1, 0.15) is 42.9 Å². The summed E-state index contributed by atoms with van der Waals surface area (Å²) in [6.45, 7) is -0.0854. The molecule has 1 aromatic carbocycles. The number of hydrogen-bond acceptors (Lipinski definition) is 3. The highest BCUT2D eigenvalue weighted by molar-refractivity contribution is 5.34. The van der Waals surface area contributed by atoms with E-state index in [0.717, 1.165) is 18.7 Å². The number of rotatable bonds is 3. The summed E-state index contributed by atoms with van der Waals surface area (Å²) < 4.78 is 0. The van der Waals surface area contributed by atoms with Crippen molar-refractivity contribution in [1.82, 2.24) is 15.2 Å². The van der Waals surface area contributed by atoms with Gasteiger partial charge in [0.15, 0.2) is 5.82 Å². The van der Waals surface area contributed by atoms with Crippen LogP contribution < -0.4 is 0 Å². The second-order valence-electron chi connectivity index (χ2n) is 4.92. The average Bonchev–Trinajstić information content (AvgIpc) is 3.09. The summed E-state index contributed by atoms with van der Waals surface area (Å²) in [4.78, 5) is 4.44. The number of nitrogens with zero attached hydrogens (tertiary/aromatic N) is 2. The monoisotopic (exact) mass is 243 g/mol. The smallest absolute Gasteiger partial charge is 0.161 e. The molecule has 1 aliphatic rings. The minimum absolute atomic E-state index is 0.0643. The SMILES string of the molecule is OCc1nc(C2(c3ccccc3)CCCC2)n[nH]1. The second kappa shape index (κ2) is 4.53. The summed E-state index contributed by atoms with van der Waals surface area (Å²) in [6, 6.07) is 10.5. The molecule has 4 nitrogen and oxygen atoms in total. The van der Waals surface area contributed by atoms with Crippen LogP contribution in [0.4, 0.5) is 0 Å². The molecule has 18 heavy (non-hydrogen) atoms. The Morgan fingerprint density at radius 3 is 2.50 bits per heavy atom. The van der Waals surface area contributed by atoms with Crippen molar-refractivity contribution in [3.63, 3.8) is 0 Å². The highest BCUT2D eigenvalue weighted by atomic mass is 16.3. The molecule has 94 valence electrons. The zero-order valence-electron chi connectivity index (χ0n) is 10.3. The van der Waals surface area contributed by atoms with Gasteiger partial charge in [-0.25, -0.2) is 4.98 Å². The van der Waals surface area contributed by atoms with Crippen molar-refractivity contribution in [2.24, 2.45) is 0 Å². The summed E-state index contributed by atoms with van der Waals surface area (Å²) in [5.41, 5.74) is 1.22. The Morgan fingerprint density at radius 2 is 1.89 bits per heavy atom. The molecule has 0 spiro atoms. The molecule has 0 radical (unpaired) electrons. The van der Waals surface area contributed by atoms with Crippen LogP contribution in [-0.4, -0.2) is 20.3 Å². The lowest BCUT2D eigenvalue weighted by atomic mass is 9.78. The summed E-state index contributed by atoms with van der Waals surface area (Å²) in [5, 5.41) is 16.3. The fourth-order valence-corrected chi connectivity index (χ4v) is 2.96.